The summed E-state index contributed by atoms with van der Waals surface area (Å²) in [6, 6.07) is 11.9. The number of carbonyl (C=O) groups is 2. The van der Waals surface area contributed by atoms with Gasteiger partial charge >= 0.3 is 0 Å². The van der Waals surface area contributed by atoms with Crippen molar-refractivity contribution in [2.45, 2.75) is 19.4 Å². The zero-order valence-corrected chi connectivity index (χ0v) is 15.5. The van der Waals surface area contributed by atoms with Crippen molar-refractivity contribution in [3.8, 4) is 0 Å². The van der Waals surface area contributed by atoms with E-state index in [9.17, 15) is 9.59 Å². The van der Waals surface area contributed by atoms with E-state index in [1.807, 2.05) is 30.5 Å². The third-order valence-corrected chi connectivity index (χ3v) is 4.72. The van der Waals surface area contributed by atoms with Crippen molar-refractivity contribution in [2.75, 3.05) is 5.32 Å². The maximum absolute atomic E-state index is 12.7. The Morgan fingerprint density at radius 2 is 1.88 bits per heavy atom. The van der Waals surface area contributed by atoms with Gasteiger partial charge in [0.15, 0.2) is 0 Å². The lowest BCUT2D eigenvalue weighted by Gasteiger charge is -2.17. The maximum atomic E-state index is 12.7. The molecule has 0 aliphatic carbocycles. The lowest BCUT2D eigenvalue weighted by molar-refractivity contribution is -0.125. The summed E-state index contributed by atoms with van der Waals surface area (Å²) in [4.78, 5) is 27.4. The van der Waals surface area contributed by atoms with Crippen LogP contribution in [-0.4, -0.2) is 22.8 Å². The van der Waals surface area contributed by atoms with E-state index < -0.39 is 6.04 Å². The van der Waals surface area contributed by atoms with Gasteiger partial charge in [0.1, 0.15) is 6.04 Å². The fraction of sp³-hybridized carbons (Fsp3) is 0.158. The Morgan fingerprint density at radius 1 is 1.12 bits per heavy atom. The highest BCUT2D eigenvalue weighted by Crippen LogP contribution is 2.25. The van der Waals surface area contributed by atoms with E-state index in [2.05, 4.69) is 15.6 Å². The molecular formula is C19H17Cl2N3O2. The summed E-state index contributed by atoms with van der Waals surface area (Å²) in [7, 11) is 0. The topological polar surface area (TPSA) is 74.0 Å². The molecule has 0 fully saturated rings. The van der Waals surface area contributed by atoms with Crippen molar-refractivity contribution in [3.63, 3.8) is 0 Å². The molecule has 134 valence electrons. The second kappa shape index (κ2) is 7.81. The first-order valence-electron chi connectivity index (χ1n) is 8.02. The van der Waals surface area contributed by atoms with Crippen LogP contribution < -0.4 is 10.6 Å². The Hall–Kier alpha value is -2.50. The summed E-state index contributed by atoms with van der Waals surface area (Å²) in [6.07, 6.45) is 2.21. The summed E-state index contributed by atoms with van der Waals surface area (Å²) in [5.74, 6) is -0.608. The SMILES string of the molecule is CC(=O)N[C@@H](Cc1c[nH]c2ccccc12)C(=O)Nc1ccc(Cl)c(Cl)c1. The number of anilines is 1. The summed E-state index contributed by atoms with van der Waals surface area (Å²) in [5.41, 5.74) is 2.44. The molecular weight excluding hydrogens is 373 g/mol. The van der Waals surface area contributed by atoms with Crippen molar-refractivity contribution in [1.82, 2.24) is 10.3 Å². The van der Waals surface area contributed by atoms with Gasteiger partial charge in [0.2, 0.25) is 11.8 Å². The first kappa shape index (κ1) is 18.3. The number of aromatic amines is 1. The van der Waals surface area contributed by atoms with Crippen LogP contribution >= 0.6 is 23.2 Å². The highest BCUT2D eigenvalue weighted by molar-refractivity contribution is 6.42. The molecule has 1 aromatic heterocycles. The number of benzene rings is 2. The second-order valence-corrected chi connectivity index (χ2v) is 6.75. The average molecular weight is 390 g/mol. The first-order valence-corrected chi connectivity index (χ1v) is 8.77. The van der Waals surface area contributed by atoms with E-state index in [-0.39, 0.29) is 11.8 Å². The van der Waals surface area contributed by atoms with E-state index in [1.54, 1.807) is 18.2 Å². The number of carbonyl (C=O) groups excluding carboxylic acids is 2. The molecule has 0 saturated carbocycles. The number of nitrogens with one attached hydrogen (secondary N) is 3. The number of hydrogen-bond acceptors (Lipinski definition) is 2. The average Bonchev–Trinajstić information content (AvgIpc) is 3.00. The number of amides is 2. The fourth-order valence-electron chi connectivity index (χ4n) is 2.78. The molecule has 0 unspecified atom stereocenters. The van der Waals surface area contributed by atoms with Gasteiger partial charge in [-0.3, -0.25) is 9.59 Å². The molecule has 0 aliphatic rings. The molecule has 2 amide bonds. The zero-order chi connectivity index (χ0) is 18.7. The molecule has 0 aliphatic heterocycles. The van der Waals surface area contributed by atoms with Gasteiger partial charge in [0.25, 0.3) is 0 Å². The molecule has 2 aromatic carbocycles. The molecule has 0 bridgehead atoms. The molecule has 1 heterocycles. The molecule has 3 rings (SSSR count). The Balaban J connectivity index is 1.81. The third-order valence-electron chi connectivity index (χ3n) is 3.98. The summed E-state index contributed by atoms with van der Waals surface area (Å²) in [5, 5.41) is 7.24. The van der Waals surface area contributed by atoms with Gasteiger partial charge < -0.3 is 15.6 Å². The fourth-order valence-corrected chi connectivity index (χ4v) is 3.08. The smallest absolute Gasteiger partial charge is 0.247 e. The normalized spacial score (nSPS) is 12.0. The predicted molar refractivity (Wildman–Crippen MR) is 105 cm³/mol. The number of rotatable bonds is 5. The number of para-hydroxylation sites is 1. The minimum atomic E-state index is -0.721. The Kier molecular flexibility index (Phi) is 5.49. The van der Waals surface area contributed by atoms with E-state index in [1.165, 1.54) is 6.92 Å². The molecule has 26 heavy (non-hydrogen) atoms. The van der Waals surface area contributed by atoms with Crippen molar-refractivity contribution in [1.29, 1.82) is 0 Å². The lowest BCUT2D eigenvalue weighted by atomic mass is 10.0. The van der Waals surface area contributed by atoms with Crippen LogP contribution in [0.1, 0.15) is 12.5 Å². The summed E-state index contributed by atoms with van der Waals surface area (Å²) >= 11 is 11.9. The van der Waals surface area contributed by atoms with Gasteiger partial charge in [-0.05, 0) is 29.8 Å². The largest absolute Gasteiger partial charge is 0.361 e. The van der Waals surface area contributed by atoms with E-state index in [0.29, 0.717) is 22.2 Å². The lowest BCUT2D eigenvalue weighted by Crippen LogP contribution is -2.44. The van der Waals surface area contributed by atoms with Crippen LogP contribution in [0.4, 0.5) is 5.69 Å². The van der Waals surface area contributed by atoms with Crippen LogP contribution in [0, 0.1) is 0 Å². The van der Waals surface area contributed by atoms with Gasteiger partial charge in [-0.2, -0.15) is 0 Å². The minimum Gasteiger partial charge on any atom is -0.361 e. The molecule has 3 N–H and O–H groups in total. The van der Waals surface area contributed by atoms with Gasteiger partial charge in [-0.25, -0.2) is 0 Å². The molecule has 3 aromatic rings. The zero-order valence-electron chi connectivity index (χ0n) is 14.0. The number of H-pyrrole nitrogens is 1. The highest BCUT2D eigenvalue weighted by Gasteiger charge is 2.21. The van der Waals surface area contributed by atoms with Crippen LogP contribution in [0.3, 0.4) is 0 Å². The number of hydrogen-bond donors (Lipinski definition) is 3. The van der Waals surface area contributed by atoms with Crippen molar-refractivity contribution in [3.05, 3.63) is 64.3 Å². The van der Waals surface area contributed by atoms with Crippen LogP contribution in [0.5, 0.6) is 0 Å². The standard InChI is InChI=1S/C19H17Cl2N3O2/c1-11(25)23-18(8-12-10-22-17-5-3-2-4-14(12)17)19(26)24-13-6-7-15(20)16(21)9-13/h2-7,9-10,18,22H,8H2,1H3,(H,23,25)(H,24,26)/t18-/m0/s1. The van der Waals surface area contributed by atoms with Gasteiger partial charge in [0.05, 0.1) is 10.0 Å². The molecule has 0 radical (unpaired) electrons. The van der Waals surface area contributed by atoms with Crippen LogP contribution in [0.25, 0.3) is 10.9 Å². The Labute approximate surface area is 160 Å². The van der Waals surface area contributed by atoms with Crippen LogP contribution in [0.2, 0.25) is 10.0 Å². The molecule has 0 saturated heterocycles. The molecule has 7 heteroatoms. The number of halogens is 2. The Bertz CT molecular complexity index is 968. The van der Waals surface area contributed by atoms with Crippen LogP contribution in [-0.2, 0) is 16.0 Å². The monoisotopic (exact) mass is 389 g/mol. The van der Waals surface area contributed by atoms with Crippen LogP contribution in [0.15, 0.2) is 48.7 Å². The quantitative estimate of drug-likeness (QED) is 0.612. The van der Waals surface area contributed by atoms with E-state index >= 15 is 0 Å². The van der Waals surface area contributed by atoms with E-state index in [0.717, 1.165) is 16.5 Å². The van der Waals surface area contributed by atoms with Crippen molar-refractivity contribution < 1.29 is 9.59 Å². The van der Waals surface area contributed by atoms with Gasteiger partial charge in [-0.15, -0.1) is 0 Å². The van der Waals surface area contributed by atoms with Gasteiger partial charge in [0, 0.05) is 36.1 Å². The van der Waals surface area contributed by atoms with Gasteiger partial charge in [-0.1, -0.05) is 41.4 Å². The Morgan fingerprint density at radius 3 is 2.62 bits per heavy atom. The highest BCUT2D eigenvalue weighted by atomic mass is 35.5. The summed E-state index contributed by atoms with van der Waals surface area (Å²) < 4.78 is 0. The third kappa shape index (κ3) is 4.18. The summed E-state index contributed by atoms with van der Waals surface area (Å²) in [6.45, 7) is 1.38. The molecule has 5 nitrogen and oxygen atoms in total. The van der Waals surface area contributed by atoms with Crippen molar-refractivity contribution >= 4 is 51.6 Å². The minimum absolute atomic E-state index is 0.279. The second-order valence-electron chi connectivity index (χ2n) is 5.93. The number of aromatic nitrogens is 1. The number of fused-ring (bicyclic) bond motifs is 1. The maximum Gasteiger partial charge on any atom is 0.247 e. The van der Waals surface area contributed by atoms with E-state index in [4.69, 9.17) is 23.2 Å². The predicted octanol–water partition coefficient (Wildman–Crippen LogP) is 4.16. The molecule has 1 atom stereocenters. The molecule has 0 spiro atoms. The van der Waals surface area contributed by atoms with Crippen molar-refractivity contribution in [2.24, 2.45) is 0 Å². The first-order chi connectivity index (χ1) is 12.4.